The Labute approximate surface area is 188 Å². The summed E-state index contributed by atoms with van der Waals surface area (Å²) in [5, 5.41) is 0. The average molecular weight is 436 g/mol. The Morgan fingerprint density at radius 2 is 1.91 bits per heavy atom. The number of carbonyl (C=O) groups excluding carboxylic acids is 2. The van der Waals surface area contributed by atoms with Crippen LogP contribution in [-0.2, 0) is 22.6 Å². The van der Waals surface area contributed by atoms with E-state index in [2.05, 4.69) is 22.9 Å². The summed E-state index contributed by atoms with van der Waals surface area (Å²) in [4.78, 5) is 33.7. The van der Waals surface area contributed by atoms with Crippen molar-refractivity contribution < 1.29 is 19.1 Å². The number of methoxy groups -OCH3 is 1. The van der Waals surface area contributed by atoms with E-state index in [4.69, 9.17) is 9.47 Å². The molecule has 0 N–H and O–H groups in total. The minimum Gasteiger partial charge on any atom is -0.494 e. The minimum absolute atomic E-state index is 0.211. The van der Waals surface area contributed by atoms with E-state index in [0.717, 1.165) is 63.1 Å². The predicted molar refractivity (Wildman–Crippen MR) is 120 cm³/mol. The Hall–Kier alpha value is -2.93. The normalized spacial score (nSPS) is 20.0. The summed E-state index contributed by atoms with van der Waals surface area (Å²) >= 11 is 0. The van der Waals surface area contributed by atoms with Gasteiger partial charge in [0.1, 0.15) is 18.0 Å². The maximum absolute atomic E-state index is 13.4. The first-order valence-electron chi connectivity index (χ1n) is 11.3. The van der Waals surface area contributed by atoms with Crippen molar-refractivity contribution in [2.24, 2.45) is 5.41 Å². The van der Waals surface area contributed by atoms with Crippen molar-refractivity contribution in [1.82, 2.24) is 9.88 Å². The number of esters is 1. The zero-order valence-corrected chi connectivity index (χ0v) is 18.7. The molecule has 3 aliphatic rings. The zero-order valence-electron chi connectivity index (χ0n) is 18.7. The molecule has 7 nitrogen and oxygen atoms in total. The number of pyridine rings is 1. The van der Waals surface area contributed by atoms with E-state index in [9.17, 15) is 9.59 Å². The van der Waals surface area contributed by atoms with Crippen molar-refractivity contribution in [3.05, 3.63) is 52.8 Å². The molecule has 1 aromatic heterocycles. The molecule has 168 valence electrons. The molecule has 5 rings (SSSR count). The Morgan fingerprint density at radius 1 is 1.12 bits per heavy atom. The average Bonchev–Trinajstić information content (AvgIpc) is 3.35. The highest BCUT2D eigenvalue weighted by Crippen LogP contribution is 2.44. The SMILES string of the molecule is COc1ccncc1N1CCC2(CCN(CCc3ccc4c(c3C)COC4=O)CC2)C1=O. The number of hydrogen-bond acceptors (Lipinski definition) is 6. The fraction of sp³-hybridized carbons (Fsp3) is 0.480. The number of likely N-dealkylation sites (tertiary alicyclic amines) is 1. The van der Waals surface area contributed by atoms with Crippen LogP contribution in [0.1, 0.15) is 46.3 Å². The maximum atomic E-state index is 13.4. The van der Waals surface area contributed by atoms with E-state index < -0.39 is 0 Å². The van der Waals surface area contributed by atoms with Crippen LogP contribution in [0.15, 0.2) is 30.6 Å². The van der Waals surface area contributed by atoms with Gasteiger partial charge in [-0.15, -0.1) is 0 Å². The van der Waals surface area contributed by atoms with Gasteiger partial charge in [-0.2, -0.15) is 0 Å². The number of cyclic esters (lactones) is 1. The van der Waals surface area contributed by atoms with Crippen LogP contribution >= 0.6 is 0 Å². The highest BCUT2D eigenvalue weighted by Gasteiger charge is 2.49. The molecule has 7 heteroatoms. The highest BCUT2D eigenvalue weighted by atomic mass is 16.5. The van der Waals surface area contributed by atoms with Gasteiger partial charge in [0.05, 0.1) is 24.3 Å². The number of amides is 1. The van der Waals surface area contributed by atoms with Crippen molar-refractivity contribution in [2.45, 2.75) is 39.2 Å². The molecule has 2 aromatic rings. The van der Waals surface area contributed by atoms with Crippen LogP contribution in [0.5, 0.6) is 5.75 Å². The molecule has 1 spiro atoms. The standard InChI is InChI=1S/C25H29N3O4/c1-17-18(3-4-19-20(17)16-32-23(19)29)6-11-27-12-7-25(8-13-27)9-14-28(24(25)30)21-15-26-10-5-22(21)31-2/h3-5,10,15H,6-9,11-14,16H2,1-2H3. The van der Waals surface area contributed by atoms with Gasteiger partial charge in [-0.3, -0.25) is 9.78 Å². The van der Waals surface area contributed by atoms with Gasteiger partial charge in [-0.05, 0) is 62.9 Å². The number of ether oxygens (including phenoxy) is 2. The quantitative estimate of drug-likeness (QED) is 0.672. The van der Waals surface area contributed by atoms with Crippen molar-refractivity contribution in [3.63, 3.8) is 0 Å². The van der Waals surface area contributed by atoms with Crippen LogP contribution in [-0.4, -0.2) is 55.0 Å². The van der Waals surface area contributed by atoms with Crippen molar-refractivity contribution in [3.8, 4) is 5.75 Å². The molecular formula is C25H29N3O4. The van der Waals surface area contributed by atoms with E-state index in [1.54, 1.807) is 25.6 Å². The third-order valence-corrected chi connectivity index (χ3v) is 7.57. The molecule has 1 aromatic carbocycles. The highest BCUT2D eigenvalue weighted by molar-refractivity contribution is 6.01. The van der Waals surface area contributed by atoms with Crippen LogP contribution in [0.3, 0.4) is 0 Å². The first kappa shape index (κ1) is 20.9. The first-order valence-corrected chi connectivity index (χ1v) is 11.3. The zero-order chi connectivity index (χ0) is 22.3. The van der Waals surface area contributed by atoms with E-state index in [0.29, 0.717) is 17.9 Å². The Kier molecular flexibility index (Phi) is 5.37. The molecule has 0 unspecified atom stereocenters. The van der Waals surface area contributed by atoms with Crippen LogP contribution in [0.25, 0.3) is 0 Å². The van der Waals surface area contributed by atoms with Gasteiger partial charge in [0, 0.05) is 30.9 Å². The monoisotopic (exact) mass is 435 g/mol. The molecule has 0 aliphatic carbocycles. The summed E-state index contributed by atoms with van der Waals surface area (Å²) in [6.07, 6.45) is 7.00. The molecule has 0 radical (unpaired) electrons. The number of rotatable bonds is 5. The summed E-state index contributed by atoms with van der Waals surface area (Å²) in [5.74, 6) is 0.692. The molecule has 0 bridgehead atoms. The topological polar surface area (TPSA) is 72.0 Å². The molecule has 1 amide bonds. The summed E-state index contributed by atoms with van der Waals surface area (Å²) in [6.45, 7) is 6.00. The molecular weight excluding hydrogens is 406 g/mol. The Balaban J connectivity index is 1.21. The van der Waals surface area contributed by atoms with Crippen LogP contribution in [0, 0.1) is 12.3 Å². The minimum atomic E-state index is -0.265. The van der Waals surface area contributed by atoms with Gasteiger partial charge in [-0.1, -0.05) is 6.07 Å². The summed E-state index contributed by atoms with van der Waals surface area (Å²) in [5.41, 5.74) is 4.70. The van der Waals surface area contributed by atoms with Crippen LogP contribution < -0.4 is 9.64 Å². The van der Waals surface area contributed by atoms with Gasteiger partial charge < -0.3 is 19.3 Å². The lowest BCUT2D eigenvalue weighted by molar-refractivity contribution is -0.128. The van der Waals surface area contributed by atoms with Crippen molar-refractivity contribution >= 4 is 17.6 Å². The lowest BCUT2D eigenvalue weighted by Gasteiger charge is -2.38. The molecule has 2 fully saturated rings. The maximum Gasteiger partial charge on any atom is 0.338 e. The fourth-order valence-electron chi connectivity index (χ4n) is 5.42. The first-order chi connectivity index (χ1) is 15.5. The van der Waals surface area contributed by atoms with E-state index in [-0.39, 0.29) is 17.3 Å². The van der Waals surface area contributed by atoms with Crippen LogP contribution in [0.4, 0.5) is 5.69 Å². The number of carbonyl (C=O) groups is 2. The molecule has 3 aliphatic heterocycles. The van der Waals surface area contributed by atoms with Gasteiger partial charge in [0.25, 0.3) is 0 Å². The largest absolute Gasteiger partial charge is 0.494 e. The van der Waals surface area contributed by atoms with Crippen molar-refractivity contribution in [1.29, 1.82) is 0 Å². The lowest BCUT2D eigenvalue weighted by atomic mass is 9.77. The number of piperidine rings is 1. The van der Waals surface area contributed by atoms with Crippen LogP contribution in [0.2, 0.25) is 0 Å². The summed E-state index contributed by atoms with van der Waals surface area (Å²) in [7, 11) is 1.63. The number of aromatic nitrogens is 1. The number of hydrogen-bond donors (Lipinski definition) is 0. The number of anilines is 1. The Bertz CT molecular complexity index is 1060. The van der Waals surface area contributed by atoms with Gasteiger partial charge >= 0.3 is 5.97 Å². The molecule has 0 saturated carbocycles. The predicted octanol–water partition coefficient (Wildman–Crippen LogP) is 3.13. The number of fused-ring (bicyclic) bond motifs is 1. The van der Waals surface area contributed by atoms with E-state index >= 15 is 0 Å². The lowest BCUT2D eigenvalue weighted by Crippen LogP contribution is -2.45. The molecule has 4 heterocycles. The van der Waals surface area contributed by atoms with Gasteiger partial charge in [-0.25, -0.2) is 4.79 Å². The number of nitrogens with zero attached hydrogens (tertiary/aromatic N) is 3. The Morgan fingerprint density at radius 3 is 2.69 bits per heavy atom. The second kappa shape index (κ2) is 8.20. The van der Waals surface area contributed by atoms with Gasteiger partial charge in [0.2, 0.25) is 5.91 Å². The van der Waals surface area contributed by atoms with Crippen molar-refractivity contribution in [2.75, 3.05) is 38.2 Å². The smallest absolute Gasteiger partial charge is 0.338 e. The van der Waals surface area contributed by atoms with E-state index in [1.165, 1.54) is 11.1 Å². The number of benzene rings is 1. The third kappa shape index (κ3) is 3.45. The fourth-order valence-corrected chi connectivity index (χ4v) is 5.42. The molecule has 0 atom stereocenters. The third-order valence-electron chi connectivity index (χ3n) is 7.57. The summed E-state index contributed by atoms with van der Waals surface area (Å²) < 4.78 is 10.6. The second-order valence-electron chi connectivity index (χ2n) is 9.08. The second-order valence-corrected chi connectivity index (χ2v) is 9.08. The molecule has 32 heavy (non-hydrogen) atoms. The van der Waals surface area contributed by atoms with E-state index in [1.807, 2.05) is 11.0 Å². The molecule has 2 saturated heterocycles. The van der Waals surface area contributed by atoms with Gasteiger partial charge in [0.15, 0.2) is 0 Å². The summed E-state index contributed by atoms with van der Waals surface area (Å²) in [6, 6.07) is 5.77.